The van der Waals surface area contributed by atoms with Crippen LogP contribution in [0.3, 0.4) is 0 Å². The van der Waals surface area contributed by atoms with Gasteiger partial charge in [-0.15, -0.1) is 0 Å². The Kier molecular flexibility index (Phi) is 26.7. The Hall–Kier alpha value is -2.75. The summed E-state index contributed by atoms with van der Waals surface area (Å²) in [7, 11) is -1.62. The molecule has 0 radical (unpaired) electrons. The molecule has 3 aromatic rings. The van der Waals surface area contributed by atoms with Crippen molar-refractivity contribution in [3.63, 3.8) is 0 Å². The molecule has 0 aliphatic carbocycles. The van der Waals surface area contributed by atoms with Crippen molar-refractivity contribution in [2.24, 2.45) is 0 Å². The molecule has 0 bridgehead atoms. The van der Waals surface area contributed by atoms with Gasteiger partial charge in [-0.3, -0.25) is 0 Å². The van der Waals surface area contributed by atoms with Gasteiger partial charge in [-0.05, 0) is 63.6 Å². The monoisotopic (exact) mass is 786 g/mol. The highest BCUT2D eigenvalue weighted by Crippen LogP contribution is 2.42. The van der Waals surface area contributed by atoms with Crippen LogP contribution in [0, 0.1) is 20.8 Å². The van der Waals surface area contributed by atoms with Gasteiger partial charge in [0.05, 0.1) is 13.2 Å². The Labute approximate surface area is 333 Å². The summed E-state index contributed by atoms with van der Waals surface area (Å²) < 4.78 is 23.2. The third-order valence-electron chi connectivity index (χ3n) is 9.36. The quantitative estimate of drug-likeness (QED) is 0.0344. The molecule has 55 heavy (non-hydrogen) atoms. The van der Waals surface area contributed by atoms with E-state index in [2.05, 4.69) is 6.92 Å². The smallest absolute Gasteiger partial charge is 0.409 e. The lowest BCUT2D eigenvalue weighted by molar-refractivity contribution is -0.129. The number of hydrogen-bond acceptors (Lipinski definition) is 9. The van der Waals surface area contributed by atoms with Crippen LogP contribution in [0.4, 0.5) is 0 Å². The average Bonchev–Trinajstić information content (AvgIpc) is 3.19. The number of ether oxygens (including phenoxy) is 1. The molecule has 0 saturated heterocycles. The summed E-state index contributed by atoms with van der Waals surface area (Å²) in [4.78, 5) is 0. The summed E-state index contributed by atoms with van der Waals surface area (Å²) in [6, 6.07) is 23.5. The summed E-state index contributed by atoms with van der Waals surface area (Å²) in [5.41, 5.74) is 3.53. The number of rotatable bonds is 29. The first kappa shape index (κ1) is 48.4. The number of hydrogen-bond donors (Lipinski definition) is 5. The van der Waals surface area contributed by atoms with Gasteiger partial charge in [0.1, 0.15) is 41.7 Å². The molecule has 5 N–H and O–H groups in total. The predicted molar refractivity (Wildman–Crippen MR) is 224 cm³/mol. The largest absolute Gasteiger partial charge is 0.530 e. The molecule has 0 spiro atoms. The lowest BCUT2D eigenvalue weighted by atomic mass is 10.0. The van der Waals surface area contributed by atoms with Gasteiger partial charge in [0.15, 0.2) is 0 Å². The van der Waals surface area contributed by atoms with E-state index < -0.39 is 39.6 Å². The maximum absolute atomic E-state index is 9.74. The van der Waals surface area contributed by atoms with Crippen LogP contribution in [-0.4, -0.2) is 69.8 Å². The fourth-order valence-electron chi connectivity index (χ4n) is 5.73. The van der Waals surface area contributed by atoms with E-state index in [0.29, 0.717) is 6.61 Å². The van der Waals surface area contributed by atoms with E-state index >= 15 is 0 Å². The number of unbranched alkanes of at least 4 members (excludes halogenated alkanes) is 15. The maximum Gasteiger partial charge on any atom is 0.530 e. The van der Waals surface area contributed by atoms with Crippen LogP contribution in [-0.2, 0) is 4.74 Å². The summed E-state index contributed by atoms with van der Waals surface area (Å²) >= 11 is 0. The minimum absolute atomic E-state index is 0.102. The minimum Gasteiger partial charge on any atom is -0.409 e. The number of benzene rings is 3. The Morgan fingerprint density at radius 3 is 1.09 bits per heavy atom. The molecule has 0 aromatic heterocycles. The van der Waals surface area contributed by atoms with Crippen LogP contribution in [0.25, 0.3) is 0 Å². The number of aliphatic hydroxyl groups excluding tert-OH is 5. The van der Waals surface area contributed by atoms with Gasteiger partial charge in [-0.2, -0.15) is 0 Å². The molecule has 0 fully saturated rings. The molecular weight excluding hydrogens is 715 g/mol. The van der Waals surface area contributed by atoms with E-state index in [4.69, 9.17) is 23.4 Å². The molecule has 0 aliphatic heterocycles. The second-order valence-corrected chi connectivity index (χ2v) is 15.6. The standard InChI is InChI=1S/C24H50O6.C21H21O3P/c1-2-3-4-5-6-7-8-9-10-11-12-13-14-15-16-17-18-30-20-22(27)24(29)23(28)21(26)19-25;1-16-4-10-19(11-5-16)22-25(23-20-12-6-17(2)7-13-20)24-21-14-8-18(3)9-15-21/h21-29H,2-20H2,1H3;4-15H,1-3H3. The van der Waals surface area contributed by atoms with Crippen molar-refractivity contribution in [2.45, 2.75) is 155 Å². The lowest BCUT2D eigenvalue weighted by Crippen LogP contribution is -2.47. The number of aliphatic hydroxyl groups is 5. The van der Waals surface area contributed by atoms with Crippen molar-refractivity contribution in [1.82, 2.24) is 0 Å². The fraction of sp³-hybridized carbons (Fsp3) is 0.600. The Balaban J connectivity index is 0.000000385. The highest BCUT2D eigenvalue weighted by molar-refractivity contribution is 7.43. The Morgan fingerprint density at radius 2 is 0.764 bits per heavy atom. The van der Waals surface area contributed by atoms with Gasteiger partial charge in [0.2, 0.25) is 0 Å². The van der Waals surface area contributed by atoms with Gasteiger partial charge in [0.25, 0.3) is 0 Å². The highest BCUT2D eigenvalue weighted by atomic mass is 31.2. The van der Waals surface area contributed by atoms with Crippen molar-refractivity contribution < 1.29 is 43.8 Å². The molecule has 3 rings (SSSR count). The van der Waals surface area contributed by atoms with Crippen molar-refractivity contribution in [3.05, 3.63) is 89.5 Å². The average molecular weight is 787 g/mol. The van der Waals surface area contributed by atoms with E-state index in [0.717, 1.165) is 30.1 Å². The summed E-state index contributed by atoms with van der Waals surface area (Å²) in [5, 5.41) is 47.0. The van der Waals surface area contributed by atoms with E-state index in [1.807, 2.05) is 93.6 Å². The van der Waals surface area contributed by atoms with Crippen molar-refractivity contribution >= 4 is 8.60 Å². The van der Waals surface area contributed by atoms with E-state index in [1.165, 1.54) is 107 Å². The van der Waals surface area contributed by atoms with Crippen molar-refractivity contribution in [1.29, 1.82) is 0 Å². The van der Waals surface area contributed by atoms with Crippen LogP contribution in [0.5, 0.6) is 17.2 Å². The van der Waals surface area contributed by atoms with Gasteiger partial charge in [-0.25, -0.2) is 0 Å². The predicted octanol–water partition coefficient (Wildman–Crippen LogP) is 10.1. The van der Waals surface area contributed by atoms with Crippen LogP contribution in [0.2, 0.25) is 0 Å². The zero-order chi connectivity index (χ0) is 40.1. The molecule has 0 aliphatic rings. The molecule has 3 aromatic carbocycles. The normalized spacial score (nSPS) is 13.4. The molecular formula is C45H71O9P. The van der Waals surface area contributed by atoms with E-state index in [1.54, 1.807) is 0 Å². The zero-order valence-corrected chi connectivity index (χ0v) is 34.9. The summed E-state index contributed by atoms with van der Waals surface area (Å²) in [5.74, 6) is 2.16. The highest BCUT2D eigenvalue weighted by Gasteiger charge is 2.30. The van der Waals surface area contributed by atoms with Gasteiger partial charge >= 0.3 is 8.60 Å². The van der Waals surface area contributed by atoms with Gasteiger partial charge in [-0.1, -0.05) is 156 Å². The van der Waals surface area contributed by atoms with Gasteiger partial charge in [0, 0.05) is 6.61 Å². The maximum atomic E-state index is 9.74. The van der Waals surface area contributed by atoms with Gasteiger partial charge < -0.3 is 43.8 Å². The summed E-state index contributed by atoms with van der Waals surface area (Å²) in [6.45, 7) is 8.11. The SMILES string of the molecule is CCCCCCCCCCCCCCCCCCOCC(O)C(O)C(O)C(O)CO.Cc1ccc(OP(Oc2ccc(C)cc2)Oc2ccc(C)cc2)cc1. The molecule has 0 heterocycles. The topological polar surface area (TPSA) is 138 Å². The third-order valence-corrected chi connectivity index (χ3v) is 10.4. The van der Waals surface area contributed by atoms with Crippen molar-refractivity contribution in [2.75, 3.05) is 19.8 Å². The van der Waals surface area contributed by atoms with E-state index in [9.17, 15) is 20.4 Å². The second kappa shape index (κ2) is 30.4. The third kappa shape index (κ3) is 23.2. The second-order valence-electron chi connectivity index (χ2n) is 14.6. The first-order valence-corrected chi connectivity index (χ1v) is 21.7. The summed E-state index contributed by atoms with van der Waals surface area (Å²) in [6.07, 6.45) is 15.1. The molecule has 4 atom stereocenters. The fourth-order valence-corrected chi connectivity index (χ4v) is 6.72. The first-order chi connectivity index (χ1) is 26.6. The molecule has 4 unspecified atom stereocenters. The molecule has 10 heteroatoms. The molecule has 310 valence electrons. The van der Waals surface area contributed by atoms with Crippen molar-refractivity contribution in [3.8, 4) is 17.2 Å². The van der Waals surface area contributed by atoms with E-state index in [-0.39, 0.29) is 6.61 Å². The Bertz CT molecular complexity index is 1210. The van der Waals surface area contributed by atoms with Crippen LogP contribution in [0.15, 0.2) is 72.8 Å². The Morgan fingerprint density at radius 1 is 0.455 bits per heavy atom. The molecule has 0 saturated carbocycles. The minimum atomic E-state index is -1.62. The molecule has 9 nitrogen and oxygen atoms in total. The lowest BCUT2D eigenvalue weighted by Gasteiger charge is -2.25. The zero-order valence-electron chi connectivity index (χ0n) is 34.0. The number of aryl methyl sites for hydroxylation is 3. The molecule has 0 amide bonds. The first-order valence-electron chi connectivity index (χ1n) is 20.6. The van der Waals surface area contributed by atoms with Crippen LogP contribution >= 0.6 is 8.60 Å². The van der Waals surface area contributed by atoms with Crippen LogP contribution < -0.4 is 13.6 Å². The van der Waals surface area contributed by atoms with Crippen LogP contribution in [0.1, 0.15) is 126 Å².